The molecule has 4 aromatic rings. The number of nitro groups is 2. The summed E-state index contributed by atoms with van der Waals surface area (Å²) in [5.74, 6) is 1.23. The Morgan fingerprint density at radius 3 is 1.35 bits per heavy atom. The lowest BCUT2D eigenvalue weighted by atomic mass is 9.76. The molecule has 0 bridgehead atoms. The number of anilines is 2. The molecule has 0 radical (unpaired) electrons. The highest BCUT2D eigenvalue weighted by Gasteiger charge is 2.55. The summed E-state index contributed by atoms with van der Waals surface area (Å²) in [5.41, 5.74) is 4.42. The lowest BCUT2D eigenvalue weighted by Gasteiger charge is -2.42. The molecule has 312 valence electrons. The van der Waals surface area contributed by atoms with Gasteiger partial charge in [0, 0.05) is 97.2 Å². The first-order valence-corrected chi connectivity index (χ1v) is 20.5. The van der Waals surface area contributed by atoms with Crippen molar-refractivity contribution in [3.05, 3.63) is 139 Å². The number of hydrogen-bond acceptors (Lipinski definition) is 12. The van der Waals surface area contributed by atoms with Crippen LogP contribution in [0.2, 0.25) is 0 Å². The molecule has 14 heteroatoms. The molecule has 0 aromatic heterocycles. The number of rotatable bonds is 6. The predicted octanol–water partition coefficient (Wildman–Crippen LogP) is 7.86. The Balaban J connectivity index is 0.896. The fraction of sp³-hybridized carbons (Fsp3) is 0.391. The van der Waals surface area contributed by atoms with Crippen LogP contribution in [0.3, 0.4) is 0 Å². The molecule has 0 amide bonds. The molecule has 0 saturated carbocycles. The van der Waals surface area contributed by atoms with E-state index in [1.807, 2.05) is 60.7 Å². The summed E-state index contributed by atoms with van der Waals surface area (Å²) in [6.07, 6.45) is 7.82. The highest BCUT2D eigenvalue weighted by Crippen LogP contribution is 2.53. The van der Waals surface area contributed by atoms with Gasteiger partial charge in [-0.05, 0) is 75.3 Å². The van der Waals surface area contributed by atoms with Gasteiger partial charge in [0.1, 0.15) is 11.5 Å². The van der Waals surface area contributed by atoms with Gasteiger partial charge in [0.2, 0.25) is 11.4 Å². The Labute approximate surface area is 349 Å². The fourth-order valence-corrected chi connectivity index (χ4v) is 9.33. The van der Waals surface area contributed by atoms with Gasteiger partial charge in [0.25, 0.3) is 11.4 Å². The Hall–Kier alpha value is -5.80. The first kappa shape index (κ1) is 39.6. The molecule has 9 rings (SSSR count). The lowest BCUT2D eigenvalue weighted by molar-refractivity contribution is -0.385. The molecule has 5 aliphatic heterocycles. The Morgan fingerprint density at radius 1 is 0.600 bits per heavy atom. The number of nitrogens with one attached hydrogen (secondary N) is 2. The van der Waals surface area contributed by atoms with Crippen molar-refractivity contribution >= 4 is 34.9 Å². The van der Waals surface area contributed by atoms with Crippen molar-refractivity contribution in [2.24, 2.45) is 0 Å². The third kappa shape index (κ3) is 6.77. The van der Waals surface area contributed by atoms with E-state index in [0.717, 1.165) is 22.5 Å². The van der Waals surface area contributed by atoms with Crippen molar-refractivity contribution in [2.75, 3.05) is 63.2 Å². The van der Waals surface area contributed by atoms with E-state index >= 15 is 0 Å². The maximum Gasteiger partial charge on any atom is 0.270 e. The van der Waals surface area contributed by atoms with Crippen LogP contribution < -0.4 is 20.1 Å². The Kier molecular flexibility index (Phi) is 9.93. The van der Waals surface area contributed by atoms with Gasteiger partial charge < -0.3 is 29.6 Å². The van der Waals surface area contributed by atoms with Crippen molar-refractivity contribution in [1.82, 2.24) is 9.80 Å². The van der Waals surface area contributed by atoms with Crippen molar-refractivity contribution < 1.29 is 28.8 Å². The van der Waals surface area contributed by atoms with Gasteiger partial charge in [-0.25, -0.2) is 0 Å². The molecule has 14 nitrogen and oxygen atoms in total. The fourth-order valence-electron chi connectivity index (χ4n) is 9.33. The van der Waals surface area contributed by atoms with Crippen molar-refractivity contribution in [2.45, 2.75) is 63.1 Å². The standard InChI is InChI=1S/C46H50N6O8/c1-43(2)37-9-5-7-11-39(37)47-45(43)15-13-31-25-35(51(53)54)27-33(41(31)59-45)29-49-17-21-57-23-19-50(20-24-58-22-18-49)30-34-28-36(52(55)56)26-32-14-16-46(60-42(32)34)44(3,4)38-10-6-8-12-40(38)48-46/h5-16,25-28,47-48H,17-24,29-30H2,1-4H3. The van der Waals surface area contributed by atoms with E-state index in [4.69, 9.17) is 18.9 Å². The molecular weight excluding hydrogens is 765 g/mol. The van der Waals surface area contributed by atoms with E-state index in [9.17, 15) is 20.2 Å². The number of benzene rings is 4. The first-order valence-electron chi connectivity index (χ1n) is 20.5. The number of nitro benzene ring substituents is 2. The Bertz CT molecular complexity index is 2250. The normalized spacial score (nSPS) is 24.1. The van der Waals surface area contributed by atoms with Crippen LogP contribution in [0, 0.1) is 20.2 Å². The maximum absolute atomic E-state index is 12.1. The molecule has 2 unspecified atom stereocenters. The minimum Gasteiger partial charge on any atom is -0.463 e. The van der Waals surface area contributed by atoms with Crippen LogP contribution in [-0.4, -0.2) is 83.7 Å². The van der Waals surface area contributed by atoms with E-state index in [1.165, 1.54) is 0 Å². The third-order valence-corrected chi connectivity index (χ3v) is 13.0. The molecular formula is C46H50N6O8. The molecule has 1 saturated heterocycles. The van der Waals surface area contributed by atoms with Gasteiger partial charge in [-0.2, -0.15) is 0 Å². The van der Waals surface area contributed by atoms with Gasteiger partial charge in [0.05, 0.1) is 47.1 Å². The van der Waals surface area contributed by atoms with E-state index in [-0.39, 0.29) is 21.2 Å². The van der Waals surface area contributed by atoms with Crippen LogP contribution in [-0.2, 0) is 33.4 Å². The van der Waals surface area contributed by atoms with Gasteiger partial charge >= 0.3 is 0 Å². The van der Waals surface area contributed by atoms with Gasteiger partial charge in [-0.15, -0.1) is 0 Å². The van der Waals surface area contributed by atoms with Crippen LogP contribution in [0.4, 0.5) is 22.7 Å². The van der Waals surface area contributed by atoms with Crippen LogP contribution in [0.25, 0.3) is 12.2 Å². The first-order chi connectivity index (χ1) is 28.8. The summed E-state index contributed by atoms with van der Waals surface area (Å²) in [7, 11) is 0. The second-order valence-corrected chi connectivity index (χ2v) is 17.3. The Morgan fingerprint density at radius 2 is 0.983 bits per heavy atom. The summed E-state index contributed by atoms with van der Waals surface area (Å²) in [6.45, 7) is 13.3. The summed E-state index contributed by atoms with van der Waals surface area (Å²) >= 11 is 0. The summed E-state index contributed by atoms with van der Waals surface area (Å²) in [5, 5.41) is 31.4. The van der Waals surface area contributed by atoms with Crippen molar-refractivity contribution in [3.63, 3.8) is 0 Å². The molecule has 2 atom stereocenters. The third-order valence-electron chi connectivity index (χ3n) is 13.0. The largest absolute Gasteiger partial charge is 0.463 e. The van der Waals surface area contributed by atoms with E-state index in [1.54, 1.807) is 24.3 Å². The summed E-state index contributed by atoms with van der Waals surface area (Å²) in [4.78, 5) is 27.8. The summed E-state index contributed by atoms with van der Waals surface area (Å²) in [6, 6.07) is 22.7. The highest BCUT2D eigenvalue weighted by atomic mass is 16.6. The topological polar surface area (TPSA) is 154 Å². The number of hydrogen-bond donors (Lipinski definition) is 2. The molecule has 4 aromatic carbocycles. The van der Waals surface area contributed by atoms with Crippen molar-refractivity contribution in [1.29, 1.82) is 0 Å². The average Bonchev–Trinajstić information content (AvgIpc) is 3.57. The monoisotopic (exact) mass is 814 g/mol. The number of ether oxygens (including phenoxy) is 4. The quantitative estimate of drug-likeness (QED) is 0.144. The summed E-state index contributed by atoms with van der Waals surface area (Å²) < 4.78 is 26.3. The van der Waals surface area contributed by atoms with Crippen LogP contribution in [0.15, 0.2) is 84.9 Å². The van der Waals surface area contributed by atoms with Gasteiger partial charge in [-0.3, -0.25) is 30.0 Å². The van der Waals surface area contributed by atoms with Crippen LogP contribution in [0.1, 0.15) is 61.1 Å². The molecule has 1 fully saturated rings. The second-order valence-electron chi connectivity index (χ2n) is 17.3. The van der Waals surface area contributed by atoms with E-state index in [0.29, 0.717) is 99.4 Å². The van der Waals surface area contributed by atoms with Crippen LogP contribution in [0.5, 0.6) is 11.5 Å². The molecule has 2 N–H and O–H groups in total. The molecule has 0 aliphatic carbocycles. The van der Waals surface area contributed by atoms with E-state index in [2.05, 4.69) is 60.3 Å². The minimum absolute atomic E-state index is 0.00624. The molecule has 5 heterocycles. The van der Waals surface area contributed by atoms with Gasteiger partial charge in [-0.1, -0.05) is 36.4 Å². The molecule has 60 heavy (non-hydrogen) atoms. The lowest BCUT2D eigenvalue weighted by Crippen LogP contribution is -2.53. The number of non-ortho nitro benzene ring substituents is 2. The maximum atomic E-state index is 12.1. The number of fused-ring (bicyclic) bond motifs is 4. The zero-order valence-electron chi connectivity index (χ0n) is 34.4. The van der Waals surface area contributed by atoms with Crippen LogP contribution >= 0.6 is 0 Å². The van der Waals surface area contributed by atoms with Crippen molar-refractivity contribution in [3.8, 4) is 11.5 Å². The number of nitrogens with zero attached hydrogens (tertiary/aromatic N) is 4. The second kappa shape index (κ2) is 15.0. The SMILES string of the molecule is CC1(C)c2ccccc2NC12C=Cc1cc([N+](=O)[O-])cc(CN3CCOCCN(Cc4cc([N+](=O)[O-])cc5c4OC4(C=C5)Nc5ccccc5C4(C)C)CCOCC3)c1O2. The average molecular weight is 815 g/mol. The molecule has 5 aliphatic rings. The number of para-hydroxylation sites is 2. The minimum atomic E-state index is -0.876. The molecule has 2 spiro atoms. The van der Waals surface area contributed by atoms with E-state index < -0.39 is 22.3 Å². The highest BCUT2D eigenvalue weighted by molar-refractivity contribution is 5.74. The zero-order valence-corrected chi connectivity index (χ0v) is 34.4. The predicted molar refractivity (Wildman–Crippen MR) is 229 cm³/mol. The smallest absolute Gasteiger partial charge is 0.270 e. The zero-order chi connectivity index (χ0) is 41.9. The van der Waals surface area contributed by atoms with Gasteiger partial charge in [0.15, 0.2) is 0 Å².